The molecule has 2 nitrogen and oxygen atoms in total. The van der Waals surface area contributed by atoms with Crippen LogP contribution < -0.4 is 5.32 Å². The molecule has 0 saturated carbocycles. The zero-order valence-electron chi connectivity index (χ0n) is 8.89. The van der Waals surface area contributed by atoms with Gasteiger partial charge in [-0.2, -0.15) is 0 Å². The third-order valence-corrected chi connectivity index (χ3v) is 3.34. The summed E-state index contributed by atoms with van der Waals surface area (Å²) >= 11 is 5.84. The Balaban J connectivity index is 2.16. The molecule has 1 aliphatic heterocycles. The van der Waals surface area contributed by atoms with Crippen molar-refractivity contribution < 1.29 is 5.11 Å². The van der Waals surface area contributed by atoms with Crippen molar-refractivity contribution >= 4 is 11.6 Å². The Morgan fingerprint density at radius 3 is 3.00 bits per heavy atom. The third kappa shape index (κ3) is 2.44. The highest BCUT2D eigenvalue weighted by Gasteiger charge is 2.16. The summed E-state index contributed by atoms with van der Waals surface area (Å²) in [6, 6.07) is 4.18. The zero-order valence-corrected chi connectivity index (χ0v) is 9.64. The minimum absolute atomic E-state index is 0.190. The first-order valence-electron chi connectivity index (χ1n) is 5.38. The molecule has 3 heteroatoms. The molecule has 1 saturated heterocycles. The van der Waals surface area contributed by atoms with E-state index in [1.807, 2.05) is 13.0 Å². The number of rotatable bonds is 2. The molecule has 1 heterocycles. The van der Waals surface area contributed by atoms with Crippen LogP contribution >= 0.6 is 11.6 Å². The molecule has 0 bridgehead atoms. The van der Waals surface area contributed by atoms with Crippen LogP contribution in [-0.2, 0) is 6.42 Å². The minimum Gasteiger partial charge on any atom is -0.506 e. The van der Waals surface area contributed by atoms with Gasteiger partial charge in [0.1, 0.15) is 5.75 Å². The van der Waals surface area contributed by atoms with Crippen LogP contribution in [-0.4, -0.2) is 17.7 Å². The van der Waals surface area contributed by atoms with Crippen molar-refractivity contribution in [3.05, 3.63) is 28.3 Å². The lowest BCUT2D eigenvalue weighted by molar-refractivity contribution is 0.474. The van der Waals surface area contributed by atoms with Gasteiger partial charge in [-0.05, 0) is 56.0 Å². The molecule has 15 heavy (non-hydrogen) atoms. The number of phenols is 1. The number of aromatic hydroxyl groups is 1. The maximum absolute atomic E-state index is 9.55. The second-order valence-electron chi connectivity index (χ2n) is 4.23. The Bertz CT molecular complexity index is 359. The molecule has 0 radical (unpaired) electrons. The quantitative estimate of drug-likeness (QED) is 0.811. The monoisotopic (exact) mass is 225 g/mol. The fourth-order valence-electron chi connectivity index (χ4n) is 2.12. The summed E-state index contributed by atoms with van der Waals surface area (Å²) in [6.45, 7) is 3.15. The first-order chi connectivity index (χ1) is 7.16. The van der Waals surface area contributed by atoms with E-state index in [1.165, 1.54) is 18.4 Å². The summed E-state index contributed by atoms with van der Waals surface area (Å²) < 4.78 is 0. The van der Waals surface area contributed by atoms with Crippen molar-refractivity contribution in [3.63, 3.8) is 0 Å². The van der Waals surface area contributed by atoms with Crippen LogP contribution in [0.4, 0.5) is 0 Å². The van der Waals surface area contributed by atoms with Crippen molar-refractivity contribution in [1.29, 1.82) is 0 Å². The summed E-state index contributed by atoms with van der Waals surface area (Å²) in [5.41, 5.74) is 2.35. The predicted molar refractivity (Wildman–Crippen MR) is 62.6 cm³/mol. The lowest BCUT2D eigenvalue weighted by Gasteiger charge is -2.13. The van der Waals surface area contributed by atoms with Gasteiger partial charge in [0.05, 0.1) is 5.02 Å². The van der Waals surface area contributed by atoms with Crippen molar-refractivity contribution in [2.75, 3.05) is 6.54 Å². The molecule has 1 unspecified atom stereocenters. The van der Waals surface area contributed by atoms with Crippen LogP contribution in [0.1, 0.15) is 24.0 Å². The highest BCUT2D eigenvalue weighted by Crippen LogP contribution is 2.28. The SMILES string of the molecule is Cc1cc(Cl)c(O)cc1CC1CCCN1. The van der Waals surface area contributed by atoms with Crippen molar-refractivity contribution in [2.24, 2.45) is 0 Å². The predicted octanol–water partition coefficient (Wildman–Crippen LogP) is 2.65. The largest absolute Gasteiger partial charge is 0.506 e. The summed E-state index contributed by atoms with van der Waals surface area (Å²) in [7, 11) is 0. The second-order valence-corrected chi connectivity index (χ2v) is 4.63. The van der Waals surface area contributed by atoms with E-state index in [1.54, 1.807) is 6.07 Å². The van der Waals surface area contributed by atoms with Gasteiger partial charge in [0.2, 0.25) is 0 Å². The number of hydrogen-bond donors (Lipinski definition) is 2. The molecule has 0 amide bonds. The van der Waals surface area contributed by atoms with E-state index in [9.17, 15) is 5.11 Å². The van der Waals surface area contributed by atoms with Crippen LogP contribution in [0, 0.1) is 6.92 Å². The lowest BCUT2D eigenvalue weighted by atomic mass is 10.00. The number of halogens is 1. The maximum Gasteiger partial charge on any atom is 0.134 e. The number of nitrogens with one attached hydrogen (secondary N) is 1. The van der Waals surface area contributed by atoms with Gasteiger partial charge in [-0.15, -0.1) is 0 Å². The van der Waals surface area contributed by atoms with Crippen LogP contribution in [0.3, 0.4) is 0 Å². The number of phenolic OH excluding ortho intramolecular Hbond substituents is 1. The van der Waals surface area contributed by atoms with Gasteiger partial charge >= 0.3 is 0 Å². The molecule has 1 aliphatic rings. The van der Waals surface area contributed by atoms with Crippen molar-refractivity contribution in [3.8, 4) is 5.75 Å². The van der Waals surface area contributed by atoms with Gasteiger partial charge in [-0.1, -0.05) is 11.6 Å². The molecule has 1 fully saturated rings. The van der Waals surface area contributed by atoms with E-state index in [4.69, 9.17) is 11.6 Å². The summed E-state index contributed by atoms with van der Waals surface area (Å²) in [5.74, 6) is 0.190. The maximum atomic E-state index is 9.55. The van der Waals surface area contributed by atoms with E-state index in [0.717, 1.165) is 18.5 Å². The number of benzene rings is 1. The highest BCUT2D eigenvalue weighted by molar-refractivity contribution is 6.32. The van der Waals surface area contributed by atoms with E-state index in [0.29, 0.717) is 11.1 Å². The molecule has 2 rings (SSSR count). The molecule has 1 aromatic rings. The molecular formula is C12H16ClNO. The minimum atomic E-state index is 0.190. The first kappa shape index (κ1) is 10.8. The molecule has 0 aromatic heterocycles. The van der Waals surface area contributed by atoms with Gasteiger partial charge in [0.25, 0.3) is 0 Å². The van der Waals surface area contributed by atoms with E-state index in [2.05, 4.69) is 5.32 Å². The van der Waals surface area contributed by atoms with Gasteiger partial charge in [-0.25, -0.2) is 0 Å². The van der Waals surface area contributed by atoms with Crippen LogP contribution in [0.25, 0.3) is 0 Å². The summed E-state index contributed by atoms with van der Waals surface area (Å²) in [4.78, 5) is 0. The van der Waals surface area contributed by atoms with Crippen LogP contribution in [0.2, 0.25) is 5.02 Å². The highest BCUT2D eigenvalue weighted by atomic mass is 35.5. The average Bonchev–Trinajstić information content (AvgIpc) is 2.67. The second kappa shape index (κ2) is 4.42. The van der Waals surface area contributed by atoms with E-state index >= 15 is 0 Å². The fourth-order valence-corrected chi connectivity index (χ4v) is 2.34. The smallest absolute Gasteiger partial charge is 0.134 e. The van der Waals surface area contributed by atoms with Gasteiger partial charge < -0.3 is 10.4 Å². The number of hydrogen-bond acceptors (Lipinski definition) is 2. The molecular weight excluding hydrogens is 210 g/mol. The summed E-state index contributed by atoms with van der Waals surface area (Å²) in [5, 5.41) is 13.4. The Morgan fingerprint density at radius 1 is 1.53 bits per heavy atom. The standard InChI is InChI=1S/C12H16ClNO/c1-8-5-11(13)12(15)7-9(8)6-10-3-2-4-14-10/h5,7,10,14-15H,2-4,6H2,1H3. The van der Waals surface area contributed by atoms with Gasteiger partial charge in [0, 0.05) is 6.04 Å². The molecule has 0 aliphatic carbocycles. The van der Waals surface area contributed by atoms with Gasteiger partial charge in [0.15, 0.2) is 0 Å². The molecule has 1 aromatic carbocycles. The van der Waals surface area contributed by atoms with Crippen LogP contribution in [0.5, 0.6) is 5.75 Å². The lowest BCUT2D eigenvalue weighted by Crippen LogP contribution is -2.23. The van der Waals surface area contributed by atoms with E-state index in [-0.39, 0.29) is 5.75 Å². The fraction of sp³-hybridized carbons (Fsp3) is 0.500. The van der Waals surface area contributed by atoms with E-state index < -0.39 is 0 Å². The Labute approximate surface area is 95.3 Å². The normalized spacial score (nSPS) is 20.8. The molecule has 0 spiro atoms. The van der Waals surface area contributed by atoms with Crippen LogP contribution in [0.15, 0.2) is 12.1 Å². The third-order valence-electron chi connectivity index (χ3n) is 3.03. The Morgan fingerprint density at radius 2 is 2.33 bits per heavy atom. The van der Waals surface area contributed by atoms with Gasteiger partial charge in [-0.3, -0.25) is 0 Å². The molecule has 82 valence electrons. The molecule has 2 N–H and O–H groups in total. The van der Waals surface area contributed by atoms with Crippen molar-refractivity contribution in [1.82, 2.24) is 5.32 Å². The average molecular weight is 226 g/mol. The van der Waals surface area contributed by atoms with Crippen molar-refractivity contribution in [2.45, 2.75) is 32.2 Å². The Hall–Kier alpha value is -0.730. The summed E-state index contributed by atoms with van der Waals surface area (Å²) in [6.07, 6.45) is 3.46. The molecule has 1 atom stereocenters. The topological polar surface area (TPSA) is 32.3 Å². The first-order valence-corrected chi connectivity index (χ1v) is 5.76. The number of aryl methyl sites for hydroxylation is 1. The Kier molecular flexibility index (Phi) is 3.17. The zero-order chi connectivity index (χ0) is 10.8.